The third-order valence-corrected chi connectivity index (χ3v) is 5.56. The van der Waals surface area contributed by atoms with E-state index >= 15 is 0 Å². The zero-order valence-electron chi connectivity index (χ0n) is 15.2. The SMILES string of the molecule is O[C@H]1CCN(c2cc([C@@H]3C[C@H]3c3cnc(-c4ncccn4)nc3)ccc2F)C1. The van der Waals surface area contributed by atoms with Gasteiger partial charge in [-0.05, 0) is 54.0 Å². The summed E-state index contributed by atoms with van der Waals surface area (Å²) in [7, 11) is 0. The molecule has 5 rings (SSSR count). The summed E-state index contributed by atoms with van der Waals surface area (Å²) in [5.74, 6) is 1.48. The van der Waals surface area contributed by atoms with E-state index in [1.165, 1.54) is 6.07 Å². The Morgan fingerprint density at radius 3 is 2.39 bits per heavy atom. The monoisotopic (exact) mass is 377 g/mol. The molecule has 7 heteroatoms. The average molecular weight is 377 g/mol. The number of halogens is 1. The summed E-state index contributed by atoms with van der Waals surface area (Å²) in [5, 5.41) is 9.75. The van der Waals surface area contributed by atoms with Gasteiger partial charge in [-0.3, -0.25) is 0 Å². The maximum atomic E-state index is 14.3. The molecule has 2 aliphatic rings. The first-order valence-corrected chi connectivity index (χ1v) is 9.51. The Bertz CT molecular complexity index is 982. The average Bonchev–Trinajstić information content (AvgIpc) is 3.42. The van der Waals surface area contributed by atoms with Crippen LogP contribution in [0.1, 0.15) is 35.8 Å². The van der Waals surface area contributed by atoms with Gasteiger partial charge in [0.25, 0.3) is 0 Å². The Kier molecular flexibility index (Phi) is 4.24. The molecule has 3 aromatic rings. The Morgan fingerprint density at radius 2 is 1.68 bits per heavy atom. The minimum atomic E-state index is -0.374. The first kappa shape index (κ1) is 17.2. The van der Waals surface area contributed by atoms with Crippen LogP contribution >= 0.6 is 0 Å². The van der Waals surface area contributed by atoms with Crippen LogP contribution in [0.2, 0.25) is 0 Å². The number of anilines is 1. The number of rotatable bonds is 4. The number of β-amino-alcohol motifs (C(OH)–C–C–N with tert-alkyl or cyclic N) is 1. The van der Waals surface area contributed by atoms with Crippen LogP contribution in [0.4, 0.5) is 10.1 Å². The van der Waals surface area contributed by atoms with Crippen LogP contribution < -0.4 is 4.90 Å². The van der Waals surface area contributed by atoms with Crippen LogP contribution in [-0.2, 0) is 0 Å². The predicted octanol–water partition coefficient (Wildman–Crippen LogP) is 2.91. The van der Waals surface area contributed by atoms with E-state index in [1.807, 2.05) is 29.4 Å². The Hall–Kier alpha value is -2.93. The normalized spacial score (nSPS) is 23.8. The number of benzene rings is 1. The van der Waals surface area contributed by atoms with Gasteiger partial charge in [0.05, 0.1) is 11.8 Å². The molecule has 1 aromatic carbocycles. The van der Waals surface area contributed by atoms with Crippen LogP contribution in [0.15, 0.2) is 49.1 Å². The highest BCUT2D eigenvalue weighted by Gasteiger charge is 2.40. The smallest absolute Gasteiger partial charge is 0.197 e. The highest BCUT2D eigenvalue weighted by Crippen LogP contribution is 2.55. The van der Waals surface area contributed by atoms with Crippen LogP contribution in [0, 0.1) is 5.82 Å². The maximum absolute atomic E-state index is 14.3. The number of hydrogen-bond acceptors (Lipinski definition) is 6. The topological polar surface area (TPSA) is 75.0 Å². The lowest BCUT2D eigenvalue weighted by Crippen LogP contribution is -2.22. The molecule has 1 aliphatic heterocycles. The molecule has 0 spiro atoms. The molecule has 1 saturated heterocycles. The molecule has 1 aliphatic carbocycles. The van der Waals surface area contributed by atoms with Crippen molar-refractivity contribution in [2.45, 2.75) is 30.8 Å². The van der Waals surface area contributed by atoms with Gasteiger partial charge in [0.2, 0.25) is 0 Å². The largest absolute Gasteiger partial charge is 0.391 e. The van der Waals surface area contributed by atoms with Gasteiger partial charge in [-0.25, -0.2) is 24.3 Å². The minimum absolute atomic E-state index is 0.231. The zero-order chi connectivity index (χ0) is 19.1. The van der Waals surface area contributed by atoms with Crippen LogP contribution in [0.3, 0.4) is 0 Å². The fourth-order valence-corrected chi connectivity index (χ4v) is 3.95. The third kappa shape index (κ3) is 3.22. The van der Waals surface area contributed by atoms with E-state index in [0.717, 1.165) is 17.5 Å². The quantitative estimate of drug-likeness (QED) is 0.754. The molecule has 0 bridgehead atoms. The highest BCUT2D eigenvalue weighted by molar-refractivity contribution is 5.53. The lowest BCUT2D eigenvalue weighted by Gasteiger charge is -2.19. The lowest BCUT2D eigenvalue weighted by atomic mass is 10.1. The van der Waals surface area contributed by atoms with Gasteiger partial charge in [-0.15, -0.1) is 0 Å². The van der Waals surface area contributed by atoms with E-state index < -0.39 is 0 Å². The molecule has 3 heterocycles. The molecule has 28 heavy (non-hydrogen) atoms. The van der Waals surface area contributed by atoms with Gasteiger partial charge in [-0.1, -0.05) is 6.07 Å². The molecule has 6 nitrogen and oxygen atoms in total. The summed E-state index contributed by atoms with van der Waals surface area (Å²) in [6.07, 6.45) is 8.32. The fraction of sp³-hybridized carbons (Fsp3) is 0.333. The van der Waals surface area contributed by atoms with Crippen molar-refractivity contribution in [2.24, 2.45) is 0 Å². The summed E-state index contributed by atoms with van der Waals surface area (Å²) < 4.78 is 14.3. The molecular weight excluding hydrogens is 357 g/mol. The van der Waals surface area contributed by atoms with Gasteiger partial charge in [-0.2, -0.15) is 0 Å². The third-order valence-electron chi connectivity index (χ3n) is 5.56. The van der Waals surface area contributed by atoms with E-state index in [1.54, 1.807) is 18.5 Å². The van der Waals surface area contributed by atoms with Crippen molar-refractivity contribution >= 4 is 5.69 Å². The predicted molar refractivity (Wildman–Crippen MR) is 102 cm³/mol. The fourth-order valence-electron chi connectivity index (χ4n) is 3.95. The van der Waals surface area contributed by atoms with E-state index in [9.17, 15) is 9.50 Å². The standard InChI is InChI=1S/C21H20FN5O/c22-18-3-2-13(8-19(18)27-7-4-15(28)12-27)16-9-17(16)14-10-25-21(26-11-14)20-23-5-1-6-24-20/h1-3,5-6,8,10-11,15-17,28H,4,7,9,12H2/t15-,16-,17-/m0/s1. The molecule has 142 valence electrons. The number of aliphatic hydroxyl groups excluding tert-OH is 1. The number of aliphatic hydroxyl groups is 1. The lowest BCUT2D eigenvalue weighted by molar-refractivity contribution is 0.198. The molecule has 0 amide bonds. The second-order valence-corrected chi connectivity index (χ2v) is 7.46. The first-order chi connectivity index (χ1) is 13.7. The Balaban J connectivity index is 1.33. The molecule has 3 atom stereocenters. The molecule has 2 fully saturated rings. The van der Waals surface area contributed by atoms with Crippen molar-refractivity contribution in [3.8, 4) is 11.6 Å². The summed E-state index contributed by atoms with van der Waals surface area (Å²) in [4.78, 5) is 19.1. The number of nitrogens with zero attached hydrogens (tertiary/aromatic N) is 5. The number of hydrogen-bond donors (Lipinski definition) is 1. The highest BCUT2D eigenvalue weighted by atomic mass is 19.1. The van der Waals surface area contributed by atoms with E-state index in [4.69, 9.17) is 0 Å². The van der Waals surface area contributed by atoms with Crippen molar-refractivity contribution in [3.63, 3.8) is 0 Å². The molecule has 1 saturated carbocycles. The molecule has 0 unspecified atom stereocenters. The molecular formula is C21H20FN5O. The van der Waals surface area contributed by atoms with E-state index in [-0.39, 0.29) is 11.9 Å². The summed E-state index contributed by atoms with van der Waals surface area (Å²) in [5.41, 5.74) is 2.79. The second kappa shape index (κ2) is 6.91. The van der Waals surface area contributed by atoms with E-state index in [0.29, 0.717) is 48.7 Å². The van der Waals surface area contributed by atoms with Crippen molar-refractivity contribution < 1.29 is 9.50 Å². The molecule has 0 radical (unpaired) electrons. The van der Waals surface area contributed by atoms with Crippen LogP contribution in [-0.4, -0.2) is 44.2 Å². The Labute approximate surface area is 162 Å². The second-order valence-electron chi connectivity index (χ2n) is 7.46. The minimum Gasteiger partial charge on any atom is -0.391 e. The van der Waals surface area contributed by atoms with Gasteiger partial charge in [0.1, 0.15) is 5.82 Å². The summed E-state index contributed by atoms with van der Waals surface area (Å²) in [6.45, 7) is 1.18. The maximum Gasteiger partial charge on any atom is 0.197 e. The van der Waals surface area contributed by atoms with Crippen molar-refractivity contribution in [1.29, 1.82) is 0 Å². The van der Waals surface area contributed by atoms with E-state index in [2.05, 4.69) is 19.9 Å². The van der Waals surface area contributed by atoms with Crippen LogP contribution in [0.25, 0.3) is 11.6 Å². The molecule has 2 aromatic heterocycles. The zero-order valence-corrected chi connectivity index (χ0v) is 15.2. The van der Waals surface area contributed by atoms with Gasteiger partial charge < -0.3 is 10.0 Å². The van der Waals surface area contributed by atoms with Crippen molar-refractivity contribution in [1.82, 2.24) is 19.9 Å². The first-order valence-electron chi connectivity index (χ1n) is 9.51. The summed E-state index contributed by atoms with van der Waals surface area (Å²) in [6, 6.07) is 7.09. The van der Waals surface area contributed by atoms with Crippen molar-refractivity contribution in [2.75, 3.05) is 18.0 Å². The van der Waals surface area contributed by atoms with Gasteiger partial charge in [0.15, 0.2) is 11.6 Å². The van der Waals surface area contributed by atoms with Crippen LogP contribution in [0.5, 0.6) is 0 Å². The number of aromatic nitrogens is 4. The Morgan fingerprint density at radius 1 is 0.964 bits per heavy atom. The van der Waals surface area contributed by atoms with Gasteiger partial charge >= 0.3 is 0 Å². The molecule has 1 N–H and O–H groups in total. The summed E-state index contributed by atoms with van der Waals surface area (Å²) >= 11 is 0. The van der Waals surface area contributed by atoms with Crippen molar-refractivity contribution in [3.05, 3.63) is 66.0 Å². The van der Waals surface area contributed by atoms with Gasteiger partial charge in [0, 0.05) is 37.9 Å².